The van der Waals surface area contributed by atoms with Gasteiger partial charge < -0.3 is 15.2 Å². The van der Waals surface area contributed by atoms with Crippen LogP contribution in [0.5, 0.6) is 0 Å². The van der Waals surface area contributed by atoms with Crippen molar-refractivity contribution in [1.29, 1.82) is 0 Å². The number of hydrogen-bond acceptors (Lipinski definition) is 5. The van der Waals surface area contributed by atoms with Crippen molar-refractivity contribution in [3.05, 3.63) is 11.8 Å². The summed E-state index contributed by atoms with van der Waals surface area (Å²) < 4.78 is 5.09. The molecule has 0 aromatic carbocycles. The molecule has 0 radical (unpaired) electrons. The Bertz CT molecular complexity index is 338. The van der Waals surface area contributed by atoms with Crippen LogP contribution in [0.15, 0.2) is 10.6 Å². The van der Waals surface area contributed by atoms with Gasteiger partial charge in [0.25, 0.3) is 0 Å². The minimum Gasteiger partial charge on any atom is -0.381 e. The van der Waals surface area contributed by atoms with E-state index in [0.29, 0.717) is 5.82 Å². The van der Waals surface area contributed by atoms with Crippen LogP contribution in [0, 0.1) is 5.92 Å². The van der Waals surface area contributed by atoms with Gasteiger partial charge in [0.15, 0.2) is 11.6 Å². The molecule has 2 rings (SSSR count). The van der Waals surface area contributed by atoms with Crippen molar-refractivity contribution >= 4 is 5.82 Å². The van der Waals surface area contributed by atoms with Crippen molar-refractivity contribution in [2.24, 2.45) is 5.92 Å². The van der Waals surface area contributed by atoms with Crippen molar-refractivity contribution in [2.75, 3.05) is 39.5 Å². The molecular weight excluding hydrogens is 204 g/mol. The molecule has 1 unspecified atom stereocenters. The predicted molar refractivity (Wildman–Crippen MR) is 62.9 cm³/mol. The van der Waals surface area contributed by atoms with Gasteiger partial charge in [0.2, 0.25) is 0 Å². The Kier molecular flexibility index (Phi) is 3.46. The fourth-order valence-electron chi connectivity index (χ4n) is 2.35. The van der Waals surface area contributed by atoms with E-state index >= 15 is 0 Å². The second-order valence-corrected chi connectivity index (χ2v) is 4.83. The van der Waals surface area contributed by atoms with Crippen molar-refractivity contribution in [3.8, 4) is 0 Å². The van der Waals surface area contributed by atoms with Crippen LogP contribution in [0.2, 0.25) is 0 Å². The summed E-state index contributed by atoms with van der Waals surface area (Å²) in [5.74, 6) is 2.07. The normalized spacial score (nSPS) is 22.1. The molecule has 1 aromatic heterocycles. The third kappa shape index (κ3) is 2.96. The molecule has 2 heterocycles. The van der Waals surface area contributed by atoms with E-state index in [1.54, 1.807) is 6.07 Å². The van der Waals surface area contributed by atoms with Crippen molar-refractivity contribution in [3.63, 3.8) is 0 Å². The maximum absolute atomic E-state index is 5.51. The van der Waals surface area contributed by atoms with Crippen molar-refractivity contribution < 1.29 is 4.52 Å². The van der Waals surface area contributed by atoms with Gasteiger partial charge >= 0.3 is 0 Å². The summed E-state index contributed by atoms with van der Waals surface area (Å²) in [5.41, 5.74) is 5.51. The Balaban J connectivity index is 1.78. The second kappa shape index (κ2) is 4.84. The molecular formula is C11H20N4O. The number of hydrogen-bond donors (Lipinski definition) is 1. The van der Waals surface area contributed by atoms with Gasteiger partial charge in [-0.3, -0.25) is 4.90 Å². The van der Waals surface area contributed by atoms with Crippen molar-refractivity contribution in [1.82, 2.24) is 15.0 Å². The highest BCUT2D eigenvalue weighted by Gasteiger charge is 2.21. The summed E-state index contributed by atoms with van der Waals surface area (Å²) in [6.07, 6.45) is 1.29. The van der Waals surface area contributed by atoms with Gasteiger partial charge in [0, 0.05) is 19.2 Å². The van der Waals surface area contributed by atoms with E-state index in [2.05, 4.69) is 29.1 Å². The van der Waals surface area contributed by atoms with Crippen LogP contribution in [-0.2, 0) is 6.54 Å². The molecule has 16 heavy (non-hydrogen) atoms. The molecule has 5 heteroatoms. The van der Waals surface area contributed by atoms with Gasteiger partial charge in [-0.15, -0.1) is 0 Å². The molecule has 5 nitrogen and oxygen atoms in total. The Morgan fingerprint density at radius 2 is 2.50 bits per heavy atom. The fourth-order valence-corrected chi connectivity index (χ4v) is 2.35. The van der Waals surface area contributed by atoms with Crippen LogP contribution in [0.25, 0.3) is 0 Å². The summed E-state index contributed by atoms with van der Waals surface area (Å²) in [6.45, 7) is 4.30. The van der Waals surface area contributed by atoms with Gasteiger partial charge in [0.1, 0.15) is 0 Å². The lowest BCUT2D eigenvalue weighted by molar-refractivity contribution is 0.237. The van der Waals surface area contributed by atoms with Gasteiger partial charge in [-0.25, -0.2) is 0 Å². The molecule has 0 spiro atoms. The Hall–Kier alpha value is -1.07. The molecule has 1 aromatic rings. The monoisotopic (exact) mass is 224 g/mol. The quantitative estimate of drug-likeness (QED) is 0.813. The summed E-state index contributed by atoms with van der Waals surface area (Å²) in [6, 6.07) is 1.79. The maximum Gasteiger partial charge on any atom is 0.167 e. The molecule has 1 fully saturated rings. The zero-order valence-corrected chi connectivity index (χ0v) is 10.0. The summed E-state index contributed by atoms with van der Waals surface area (Å²) in [4.78, 5) is 4.65. The molecule has 0 saturated carbocycles. The number of likely N-dealkylation sites (tertiary alicyclic amines) is 1. The molecule has 2 N–H and O–H groups in total. The summed E-state index contributed by atoms with van der Waals surface area (Å²) in [5, 5.41) is 3.68. The molecule has 0 amide bonds. The zero-order chi connectivity index (χ0) is 11.5. The molecule has 0 bridgehead atoms. The van der Waals surface area contributed by atoms with Crippen LogP contribution in [0.3, 0.4) is 0 Å². The maximum atomic E-state index is 5.51. The van der Waals surface area contributed by atoms with E-state index in [-0.39, 0.29) is 0 Å². The molecule has 1 atom stereocenters. The van der Waals surface area contributed by atoms with Crippen LogP contribution < -0.4 is 5.73 Å². The third-order valence-electron chi connectivity index (χ3n) is 3.06. The largest absolute Gasteiger partial charge is 0.381 e. The highest BCUT2D eigenvalue weighted by Crippen LogP contribution is 2.16. The van der Waals surface area contributed by atoms with Gasteiger partial charge in [-0.05, 0) is 33.0 Å². The number of nitrogens with two attached hydrogens (primary N) is 1. The predicted octanol–water partition coefficient (Wildman–Crippen LogP) is 0.640. The number of rotatable bonds is 4. The first-order chi connectivity index (χ1) is 7.63. The van der Waals surface area contributed by atoms with Crippen molar-refractivity contribution in [2.45, 2.75) is 13.0 Å². The van der Waals surface area contributed by atoms with Crippen LogP contribution in [0.1, 0.15) is 12.2 Å². The Morgan fingerprint density at radius 3 is 3.06 bits per heavy atom. The van der Waals surface area contributed by atoms with E-state index < -0.39 is 0 Å². The topological polar surface area (TPSA) is 58.5 Å². The van der Waals surface area contributed by atoms with Gasteiger partial charge in [-0.2, -0.15) is 0 Å². The standard InChI is InChI=1S/C11H20N4O/c1-14-4-3-9(6-14)7-15(2)8-10-5-11(12)13-16-10/h5,9H,3-4,6-8H2,1-2H3,(H2,12,13). The Morgan fingerprint density at radius 1 is 1.69 bits per heavy atom. The van der Waals surface area contributed by atoms with Crippen LogP contribution >= 0.6 is 0 Å². The first kappa shape index (κ1) is 11.4. The lowest BCUT2D eigenvalue weighted by Gasteiger charge is -2.19. The number of aromatic nitrogens is 1. The zero-order valence-electron chi connectivity index (χ0n) is 10.0. The lowest BCUT2D eigenvalue weighted by atomic mass is 10.1. The average Bonchev–Trinajstić information content (AvgIpc) is 2.76. The Labute approximate surface area is 96.2 Å². The fraction of sp³-hybridized carbons (Fsp3) is 0.727. The number of nitrogen functional groups attached to an aromatic ring is 1. The van der Waals surface area contributed by atoms with Gasteiger partial charge in [0.05, 0.1) is 6.54 Å². The van der Waals surface area contributed by atoms with E-state index in [1.165, 1.54) is 19.5 Å². The first-order valence-electron chi connectivity index (χ1n) is 5.71. The van der Waals surface area contributed by atoms with Crippen LogP contribution in [-0.4, -0.2) is 48.7 Å². The SMILES string of the molecule is CN1CCC(CN(C)Cc2cc(N)no2)C1. The minimum atomic E-state index is 0.462. The molecule has 0 aliphatic carbocycles. The van der Waals surface area contributed by atoms with E-state index in [0.717, 1.165) is 24.8 Å². The molecule has 90 valence electrons. The van der Waals surface area contributed by atoms with E-state index in [4.69, 9.17) is 10.3 Å². The minimum absolute atomic E-state index is 0.462. The van der Waals surface area contributed by atoms with E-state index in [9.17, 15) is 0 Å². The number of anilines is 1. The molecule has 1 saturated heterocycles. The summed E-state index contributed by atoms with van der Waals surface area (Å²) >= 11 is 0. The lowest BCUT2D eigenvalue weighted by Crippen LogP contribution is -2.26. The average molecular weight is 224 g/mol. The second-order valence-electron chi connectivity index (χ2n) is 4.83. The molecule has 1 aliphatic heterocycles. The van der Waals surface area contributed by atoms with Gasteiger partial charge in [-0.1, -0.05) is 5.16 Å². The van der Waals surface area contributed by atoms with Crippen LogP contribution in [0.4, 0.5) is 5.82 Å². The first-order valence-corrected chi connectivity index (χ1v) is 5.71. The highest BCUT2D eigenvalue weighted by molar-refractivity contribution is 5.26. The third-order valence-corrected chi connectivity index (χ3v) is 3.06. The smallest absolute Gasteiger partial charge is 0.167 e. The van der Waals surface area contributed by atoms with E-state index in [1.807, 2.05) is 0 Å². The number of nitrogens with zero attached hydrogens (tertiary/aromatic N) is 3. The molecule has 1 aliphatic rings. The summed E-state index contributed by atoms with van der Waals surface area (Å²) in [7, 11) is 4.29. The highest BCUT2D eigenvalue weighted by atomic mass is 16.5.